The van der Waals surface area contributed by atoms with Crippen molar-refractivity contribution in [2.45, 2.75) is 26.3 Å². The summed E-state index contributed by atoms with van der Waals surface area (Å²) in [6.45, 7) is 5.78. The van der Waals surface area contributed by atoms with E-state index < -0.39 is 5.54 Å². The average molecular weight is 217 g/mol. The van der Waals surface area contributed by atoms with Gasteiger partial charge >= 0.3 is 0 Å². The van der Waals surface area contributed by atoms with Crippen LogP contribution in [0.3, 0.4) is 0 Å². The van der Waals surface area contributed by atoms with E-state index in [0.29, 0.717) is 0 Å². The molecule has 2 aromatic heterocycles. The van der Waals surface area contributed by atoms with E-state index in [4.69, 9.17) is 5.73 Å². The first kappa shape index (κ1) is 10.8. The van der Waals surface area contributed by atoms with Gasteiger partial charge in [-0.1, -0.05) is 5.21 Å². The van der Waals surface area contributed by atoms with E-state index in [1.165, 1.54) is 0 Å². The molecule has 0 aliphatic heterocycles. The summed E-state index contributed by atoms with van der Waals surface area (Å²) < 4.78 is 1.68. The number of nitrogens with two attached hydrogens (primary N) is 1. The van der Waals surface area contributed by atoms with Gasteiger partial charge in [0.25, 0.3) is 0 Å². The molecule has 0 saturated heterocycles. The third kappa shape index (κ3) is 2.09. The highest BCUT2D eigenvalue weighted by atomic mass is 15.4. The quantitative estimate of drug-likeness (QED) is 0.819. The van der Waals surface area contributed by atoms with Crippen molar-refractivity contribution in [1.82, 2.24) is 20.0 Å². The van der Waals surface area contributed by atoms with Crippen molar-refractivity contribution in [3.05, 3.63) is 35.9 Å². The summed E-state index contributed by atoms with van der Waals surface area (Å²) in [4.78, 5) is 4.11. The molecule has 0 amide bonds. The van der Waals surface area contributed by atoms with Crippen molar-refractivity contribution in [3.8, 4) is 5.69 Å². The fourth-order valence-corrected chi connectivity index (χ4v) is 1.35. The van der Waals surface area contributed by atoms with Crippen LogP contribution < -0.4 is 5.73 Å². The van der Waals surface area contributed by atoms with Gasteiger partial charge < -0.3 is 5.73 Å². The van der Waals surface area contributed by atoms with Gasteiger partial charge in [0.15, 0.2) is 0 Å². The largest absolute Gasteiger partial charge is 0.320 e. The molecule has 0 fully saturated rings. The predicted octanol–water partition coefficient (Wildman–Crippen LogP) is 1.16. The van der Waals surface area contributed by atoms with Crippen LogP contribution in [0.4, 0.5) is 0 Å². The van der Waals surface area contributed by atoms with Crippen molar-refractivity contribution in [2.24, 2.45) is 5.73 Å². The lowest BCUT2D eigenvalue weighted by molar-refractivity contribution is 0.533. The number of hydrogen-bond acceptors (Lipinski definition) is 4. The Bertz CT molecular complexity index is 495. The molecule has 0 aromatic carbocycles. The third-order valence-electron chi connectivity index (χ3n) is 2.28. The minimum Gasteiger partial charge on any atom is -0.320 e. The molecular formula is C11H15N5. The second-order valence-corrected chi connectivity index (χ2v) is 4.49. The van der Waals surface area contributed by atoms with Crippen LogP contribution in [-0.2, 0) is 5.54 Å². The molecule has 5 nitrogen and oxygen atoms in total. The number of aromatic nitrogens is 4. The van der Waals surface area contributed by atoms with Crippen LogP contribution >= 0.6 is 0 Å². The maximum atomic E-state index is 5.95. The summed E-state index contributed by atoms with van der Waals surface area (Å²) in [6, 6.07) is 2.00. The first-order valence-electron chi connectivity index (χ1n) is 5.10. The second-order valence-electron chi connectivity index (χ2n) is 4.49. The zero-order valence-corrected chi connectivity index (χ0v) is 9.68. The zero-order valence-electron chi connectivity index (χ0n) is 9.68. The van der Waals surface area contributed by atoms with Gasteiger partial charge in [0.1, 0.15) is 5.69 Å². The van der Waals surface area contributed by atoms with Crippen LogP contribution in [0.1, 0.15) is 25.1 Å². The van der Waals surface area contributed by atoms with E-state index in [9.17, 15) is 0 Å². The summed E-state index contributed by atoms with van der Waals surface area (Å²) in [6.07, 6.45) is 5.37. The zero-order chi connectivity index (χ0) is 11.8. The molecule has 5 heteroatoms. The summed E-state index contributed by atoms with van der Waals surface area (Å²) >= 11 is 0. The second kappa shape index (κ2) is 3.68. The Hall–Kier alpha value is -1.75. The molecule has 2 heterocycles. The lowest BCUT2D eigenvalue weighted by Gasteiger charge is -2.13. The first-order valence-corrected chi connectivity index (χ1v) is 5.10. The Balaban J connectivity index is 2.39. The molecule has 0 radical (unpaired) electrons. The molecule has 0 atom stereocenters. The molecule has 0 aliphatic rings. The molecular weight excluding hydrogens is 202 g/mol. The fourth-order valence-electron chi connectivity index (χ4n) is 1.35. The Labute approximate surface area is 94.3 Å². The predicted molar refractivity (Wildman–Crippen MR) is 61.1 cm³/mol. The maximum absolute atomic E-state index is 5.95. The number of nitrogens with zero attached hydrogens (tertiary/aromatic N) is 4. The number of rotatable bonds is 2. The van der Waals surface area contributed by atoms with Gasteiger partial charge in [-0.2, -0.15) is 0 Å². The van der Waals surface area contributed by atoms with Crippen molar-refractivity contribution in [1.29, 1.82) is 0 Å². The lowest BCUT2D eigenvalue weighted by atomic mass is 10.0. The highest BCUT2D eigenvalue weighted by Gasteiger charge is 2.18. The Morgan fingerprint density at radius 2 is 2.06 bits per heavy atom. The highest BCUT2D eigenvalue weighted by Crippen LogP contribution is 2.15. The Morgan fingerprint density at radius 1 is 1.31 bits per heavy atom. The molecule has 0 bridgehead atoms. The van der Waals surface area contributed by atoms with Gasteiger partial charge in [0.05, 0.1) is 23.6 Å². The van der Waals surface area contributed by atoms with E-state index in [1.807, 2.05) is 33.0 Å². The fraction of sp³-hybridized carbons (Fsp3) is 0.364. The first-order chi connectivity index (χ1) is 7.47. The van der Waals surface area contributed by atoms with E-state index in [-0.39, 0.29) is 0 Å². The van der Waals surface area contributed by atoms with Crippen LogP contribution in [0.15, 0.2) is 24.7 Å². The Kier molecular flexibility index (Phi) is 2.47. The number of aryl methyl sites for hydroxylation is 1. The molecule has 0 spiro atoms. The SMILES string of the molecule is Cc1cncc(-n2cc(C(C)(C)N)nn2)c1. The average Bonchev–Trinajstić information content (AvgIpc) is 2.65. The molecule has 2 N–H and O–H groups in total. The highest BCUT2D eigenvalue weighted by molar-refractivity contribution is 5.30. The normalized spacial score (nSPS) is 11.8. The molecule has 0 unspecified atom stereocenters. The van der Waals surface area contributed by atoms with Gasteiger partial charge in [-0.05, 0) is 32.4 Å². The number of hydrogen-bond donors (Lipinski definition) is 1. The van der Waals surface area contributed by atoms with E-state index >= 15 is 0 Å². The van der Waals surface area contributed by atoms with Crippen LogP contribution in [0.5, 0.6) is 0 Å². The van der Waals surface area contributed by atoms with Crippen molar-refractivity contribution in [2.75, 3.05) is 0 Å². The molecule has 0 aliphatic carbocycles. The topological polar surface area (TPSA) is 69.6 Å². The monoisotopic (exact) mass is 217 g/mol. The standard InChI is InChI=1S/C11H15N5/c1-8-4-9(6-13-5-8)16-7-10(14-15-16)11(2,3)12/h4-7H,12H2,1-3H3. The summed E-state index contributed by atoms with van der Waals surface area (Å²) in [5.41, 5.74) is 8.20. The van der Waals surface area contributed by atoms with Gasteiger partial charge in [0, 0.05) is 6.20 Å². The molecule has 2 aromatic rings. The molecule has 16 heavy (non-hydrogen) atoms. The number of pyridine rings is 1. The van der Waals surface area contributed by atoms with Crippen LogP contribution in [-0.4, -0.2) is 20.0 Å². The van der Waals surface area contributed by atoms with Gasteiger partial charge in [0.2, 0.25) is 0 Å². The van der Waals surface area contributed by atoms with Gasteiger partial charge in [-0.3, -0.25) is 4.98 Å². The van der Waals surface area contributed by atoms with Gasteiger partial charge in [-0.25, -0.2) is 4.68 Å². The van der Waals surface area contributed by atoms with Crippen molar-refractivity contribution >= 4 is 0 Å². The Morgan fingerprint density at radius 3 is 2.62 bits per heavy atom. The smallest absolute Gasteiger partial charge is 0.102 e. The summed E-state index contributed by atoms with van der Waals surface area (Å²) in [5, 5.41) is 8.09. The third-order valence-corrected chi connectivity index (χ3v) is 2.28. The van der Waals surface area contributed by atoms with E-state index in [2.05, 4.69) is 15.3 Å². The van der Waals surface area contributed by atoms with E-state index in [1.54, 1.807) is 17.1 Å². The molecule has 0 saturated carbocycles. The van der Waals surface area contributed by atoms with Crippen LogP contribution in [0.2, 0.25) is 0 Å². The van der Waals surface area contributed by atoms with Crippen LogP contribution in [0, 0.1) is 6.92 Å². The summed E-state index contributed by atoms with van der Waals surface area (Å²) in [5.74, 6) is 0. The molecule has 2 rings (SSSR count). The van der Waals surface area contributed by atoms with Crippen molar-refractivity contribution in [3.63, 3.8) is 0 Å². The van der Waals surface area contributed by atoms with Crippen LogP contribution in [0.25, 0.3) is 5.69 Å². The minimum atomic E-state index is -0.477. The maximum Gasteiger partial charge on any atom is 0.102 e. The minimum absolute atomic E-state index is 0.477. The summed E-state index contributed by atoms with van der Waals surface area (Å²) in [7, 11) is 0. The lowest BCUT2D eigenvalue weighted by Crippen LogP contribution is -2.29. The molecule has 84 valence electrons. The van der Waals surface area contributed by atoms with Crippen molar-refractivity contribution < 1.29 is 0 Å². The van der Waals surface area contributed by atoms with E-state index in [0.717, 1.165) is 16.9 Å². The van der Waals surface area contributed by atoms with Gasteiger partial charge in [-0.15, -0.1) is 5.10 Å².